The maximum atomic E-state index is 13.4. The molecule has 13 heteroatoms. The molecule has 2 fully saturated rings. The fourth-order valence-electron chi connectivity index (χ4n) is 8.09. The normalized spacial score (nSPS) is 19.3. The lowest BCUT2D eigenvalue weighted by molar-refractivity contribution is -0.205. The fourth-order valence-corrected chi connectivity index (χ4v) is 8.09. The van der Waals surface area contributed by atoms with E-state index in [1.807, 2.05) is 117 Å². The summed E-state index contributed by atoms with van der Waals surface area (Å²) >= 11 is 0. The minimum absolute atomic E-state index is 0.0737. The summed E-state index contributed by atoms with van der Waals surface area (Å²) in [6.45, 7) is 4.02. The van der Waals surface area contributed by atoms with Gasteiger partial charge in [-0.1, -0.05) is 103 Å². The molecule has 0 aliphatic carbocycles. The molecule has 1 amide bonds. The van der Waals surface area contributed by atoms with Crippen LogP contribution in [-0.2, 0) is 31.2 Å². The van der Waals surface area contributed by atoms with Gasteiger partial charge in [0, 0.05) is 5.56 Å². The van der Waals surface area contributed by atoms with Crippen LogP contribution in [0.2, 0.25) is 0 Å². The van der Waals surface area contributed by atoms with Gasteiger partial charge in [-0.2, -0.15) is 4.98 Å². The number of anilines is 1. The number of hydrogen-bond acceptors (Lipinski definition) is 11. The van der Waals surface area contributed by atoms with E-state index in [1.165, 1.54) is 6.33 Å². The summed E-state index contributed by atoms with van der Waals surface area (Å²) in [5.41, 5.74) is 3.61. The van der Waals surface area contributed by atoms with Crippen LogP contribution >= 0.6 is 0 Å². The van der Waals surface area contributed by atoms with Crippen molar-refractivity contribution in [1.82, 2.24) is 19.5 Å². The smallest absolute Gasteiger partial charge is 0.301 e. The molecule has 61 heavy (non-hydrogen) atoms. The molecule has 2 saturated heterocycles. The van der Waals surface area contributed by atoms with E-state index in [1.54, 1.807) is 43.1 Å². The van der Waals surface area contributed by atoms with Gasteiger partial charge in [0.25, 0.3) is 5.91 Å². The van der Waals surface area contributed by atoms with Crippen LogP contribution in [0.15, 0.2) is 146 Å². The van der Waals surface area contributed by atoms with Crippen molar-refractivity contribution in [3.05, 3.63) is 174 Å². The topological polar surface area (TPSA) is 137 Å². The van der Waals surface area contributed by atoms with E-state index in [4.69, 9.17) is 38.1 Å². The van der Waals surface area contributed by atoms with E-state index in [-0.39, 0.29) is 30.9 Å². The zero-order chi connectivity index (χ0) is 42.0. The molecular weight excluding hydrogens is 775 g/mol. The predicted octanol–water partition coefficient (Wildman–Crippen LogP) is 8.10. The quantitative estimate of drug-likeness (QED) is 0.107. The van der Waals surface area contributed by atoms with Crippen LogP contribution in [0, 0.1) is 0 Å². The number of aromatic nitrogens is 4. The Morgan fingerprint density at radius 3 is 1.93 bits per heavy atom. The van der Waals surface area contributed by atoms with Crippen molar-refractivity contribution in [2.45, 2.75) is 56.4 Å². The van der Waals surface area contributed by atoms with Gasteiger partial charge in [0.05, 0.1) is 20.8 Å². The van der Waals surface area contributed by atoms with Crippen LogP contribution in [0.5, 0.6) is 17.5 Å². The Balaban J connectivity index is 1.12. The number of ether oxygens (including phenoxy) is 7. The molecule has 9 rings (SSSR count). The maximum absolute atomic E-state index is 13.4. The summed E-state index contributed by atoms with van der Waals surface area (Å²) < 4.78 is 47.0. The number of carbonyl (C=O) groups excluding carboxylic acids is 1. The molecule has 0 bridgehead atoms. The molecule has 2 aromatic heterocycles. The molecule has 0 radical (unpaired) electrons. The van der Waals surface area contributed by atoms with Crippen molar-refractivity contribution < 1.29 is 38.0 Å². The Kier molecular flexibility index (Phi) is 11.0. The highest BCUT2D eigenvalue weighted by Gasteiger charge is 2.57. The number of nitrogens with one attached hydrogen (secondary N) is 1. The van der Waals surface area contributed by atoms with Gasteiger partial charge in [0.1, 0.15) is 48.3 Å². The van der Waals surface area contributed by atoms with Gasteiger partial charge in [-0.3, -0.25) is 4.79 Å². The van der Waals surface area contributed by atoms with Crippen LogP contribution in [0.3, 0.4) is 0 Å². The lowest BCUT2D eigenvalue weighted by Crippen LogP contribution is -2.39. The zero-order valence-electron chi connectivity index (χ0n) is 34.1. The lowest BCUT2D eigenvalue weighted by Gasteiger charge is -2.37. The number of methoxy groups -OCH3 is 2. The molecule has 4 heterocycles. The van der Waals surface area contributed by atoms with Gasteiger partial charge in [-0.15, -0.1) is 0 Å². The Labute approximate surface area is 353 Å². The third-order valence-electron chi connectivity index (χ3n) is 10.9. The van der Waals surface area contributed by atoms with Crippen LogP contribution < -0.4 is 19.5 Å². The van der Waals surface area contributed by atoms with Crippen molar-refractivity contribution in [3.63, 3.8) is 0 Å². The third-order valence-corrected chi connectivity index (χ3v) is 10.9. The average molecular weight is 820 g/mol. The second kappa shape index (κ2) is 16.8. The van der Waals surface area contributed by atoms with Gasteiger partial charge < -0.3 is 38.5 Å². The second-order valence-electron chi connectivity index (χ2n) is 15.2. The van der Waals surface area contributed by atoms with Crippen molar-refractivity contribution in [1.29, 1.82) is 0 Å². The molecule has 1 N–H and O–H groups in total. The summed E-state index contributed by atoms with van der Waals surface area (Å²) in [4.78, 5) is 27.4. The highest BCUT2D eigenvalue weighted by Crippen LogP contribution is 2.48. The number of carbonyl (C=O) groups is 1. The van der Waals surface area contributed by atoms with Gasteiger partial charge in [0.15, 0.2) is 29.0 Å². The molecule has 7 aromatic rings. The zero-order valence-corrected chi connectivity index (χ0v) is 34.1. The number of imidazole rings is 1. The van der Waals surface area contributed by atoms with E-state index in [2.05, 4.69) is 27.4 Å². The molecule has 2 aliphatic rings. The monoisotopic (exact) mass is 819 g/mol. The summed E-state index contributed by atoms with van der Waals surface area (Å²) in [5, 5.41) is 2.92. The number of amides is 1. The van der Waals surface area contributed by atoms with Gasteiger partial charge in [-0.05, 0) is 72.5 Å². The first-order valence-corrected chi connectivity index (χ1v) is 20.0. The highest BCUT2D eigenvalue weighted by molar-refractivity contribution is 6.06. The molecule has 13 nitrogen and oxygen atoms in total. The predicted molar refractivity (Wildman–Crippen MR) is 226 cm³/mol. The molecule has 310 valence electrons. The van der Waals surface area contributed by atoms with E-state index in [0.29, 0.717) is 28.2 Å². The Morgan fingerprint density at radius 2 is 1.31 bits per heavy atom. The van der Waals surface area contributed by atoms with Crippen LogP contribution in [0.4, 0.5) is 5.82 Å². The van der Waals surface area contributed by atoms with Crippen molar-refractivity contribution in [2.75, 3.05) is 26.1 Å². The Morgan fingerprint density at radius 1 is 0.738 bits per heavy atom. The minimum atomic E-state index is -1.11. The Hall–Kier alpha value is -6.64. The maximum Gasteiger partial charge on any atom is 0.301 e. The van der Waals surface area contributed by atoms with Gasteiger partial charge in [0.2, 0.25) is 0 Å². The molecule has 5 aromatic carbocycles. The van der Waals surface area contributed by atoms with Crippen LogP contribution in [0.25, 0.3) is 11.2 Å². The Bertz CT molecular complexity index is 2540. The minimum Gasteiger partial charge on any atom is -0.497 e. The number of benzene rings is 5. The first-order chi connectivity index (χ1) is 29.8. The summed E-state index contributed by atoms with van der Waals surface area (Å²) in [6, 6.07) is 44.7. The standard InChI is InChI=1S/C48H45N5O8/c1-47(2)60-40-38(29-58-48(33-18-12-7-13-19-33,34-20-24-36(55-3)25-21-34)35-22-26-37(56-4)27-23-35)59-45(41(40)61-47)53-43-39(51-46(53)57-28-31-14-8-5-9-15-31)42(49-30-50-43)52-44(54)32-16-10-6-11-17-32/h5-27,30,38,40-41,45H,28-29H2,1-4H3,(H,49,50,52,54)/t38-,40-,41-,45-/m1/s1. The fraction of sp³-hybridized carbons (Fsp3) is 0.250. The van der Waals surface area contributed by atoms with E-state index >= 15 is 0 Å². The van der Waals surface area contributed by atoms with E-state index in [9.17, 15) is 4.79 Å². The van der Waals surface area contributed by atoms with Crippen molar-refractivity contribution >= 4 is 22.9 Å². The van der Waals surface area contributed by atoms with Crippen molar-refractivity contribution in [3.8, 4) is 17.5 Å². The summed E-state index contributed by atoms with van der Waals surface area (Å²) in [6.07, 6.45) is -1.36. The SMILES string of the molecule is COc1ccc(C(OC[C@H]2O[C@@H](n3c(OCc4ccccc4)nc4c(NC(=O)c5ccccc5)ncnc43)[C@@H]3OC(C)(C)O[C@@H]32)(c2ccccc2)c2ccc(OC)cc2)cc1. The third kappa shape index (κ3) is 7.80. The second-order valence-corrected chi connectivity index (χ2v) is 15.2. The largest absolute Gasteiger partial charge is 0.497 e. The average Bonchev–Trinajstić information content (AvgIpc) is 3.95. The van der Waals surface area contributed by atoms with Gasteiger partial charge >= 0.3 is 6.01 Å². The van der Waals surface area contributed by atoms with Gasteiger partial charge in [-0.25, -0.2) is 14.5 Å². The van der Waals surface area contributed by atoms with E-state index < -0.39 is 35.9 Å². The van der Waals surface area contributed by atoms with Crippen molar-refractivity contribution in [2.24, 2.45) is 0 Å². The number of hydrogen-bond donors (Lipinski definition) is 1. The molecular formula is C48H45N5O8. The molecule has 0 unspecified atom stereocenters. The summed E-state index contributed by atoms with van der Waals surface area (Å²) in [7, 11) is 3.29. The van der Waals surface area contributed by atoms with Crippen LogP contribution in [0.1, 0.15) is 52.7 Å². The van der Waals surface area contributed by atoms with E-state index in [0.717, 1.165) is 22.3 Å². The molecule has 0 saturated carbocycles. The number of rotatable bonds is 14. The molecule has 2 aliphatic heterocycles. The lowest BCUT2D eigenvalue weighted by atomic mass is 9.80. The molecule has 0 spiro atoms. The first kappa shape index (κ1) is 39.8. The first-order valence-electron chi connectivity index (χ1n) is 20.0. The van der Waals surface area contributed by atoms with Crippen LogP contribution in [-0.4, -0.2) is 70.4 Å². The molecule has 4 atom stereocenters. The number of nitrogens with zero attached hydrogens (tertiary/aromatic N) is 4. The summed E-state index contributed by atoms with van der Waals surface area (Å²) in [5.74, 6) is 0.332. The number of fused-ring (bicyclic) bond motifs is 2. The highest BCUT2D eigenvalue weighted by atomic mass is 16.8.